The lowest BCUT2D eigenvalue weighted by Gasteiger charge is -2.07. The van der Waals surface area contributed by atoms with E-state index in [4.69, 9.17) is 14.8 Å². The molecule has 0 atom stereocenters. The minimum atomic E-state index is -1.47. The molecule has 2 N–H and O–H groups in total. The number of hydrogen-bond donors (Lipinski definition) is 2. The molecule has 0 radical (unpaired) electrons. The van der Waals surface area contributed by atoms with Gasteiger partial charge in [0.1, 0.15) is 5.75 Å². The molecule has 0 saturated heterocycles. The van der Waals surface area contributed by atoms with Crippen LogP contribution in [0.2, 0.25) is 0 Å². The van der Waals surface area contributed by atoms with Gasteiger partial charge in [-0.2, -0.15) is 0 Å². The van der Waals surface area contributed by atoms with E-state index in [0.717, 1.165) is 0 Å². The van der Waals surface area contributed by atoms with E-state index in [2.05, 4.69) is 0 Å². The Morgan fingerprint density at radius 2 is 1.79 bits per heavy atom. The van der Waals surface area contributed by atoms with Crippen LogP contribution in [-0.2, 0) is 0 Å². The summed E-state index contributed by atoms with van der Waals surface area (Å²) in [5, 5.41) is 17.8. The van der Waals surface area contributed by atoms with Crippen molar-refractivity contribution in [1.82, 2.24) is 0 Å². The lowest BCUT2D eigenvalue weighted by molar-refractivity contribution is 0.340. The largest absolute Gasteiger partial charge is 0.494 e. The van der Waals surface area contributed by atoms with E-state index in [-0.39, 0.29) is 0 Å². The smallest absolute Gasteiger partial charge is 0.492 e. The molecule has 0 aliphatic heterocycles. The van der Waals surface area contributed by atoms with E-state index in [1.165, 1.54) is 0 Å². The molecule has 0 aliphatic carbocycles. The van der Waals surface area contributed by atoms with Gasteiger partial charge in [0.05, 0.1) is 6.61 Å². The molecule has 0 bridgehead atoms. The van der Waals surface area contributed by atoms with Gasteiger partial charge in [-0.05, 0) is 13.0 Å². The minimum Gasteiger partial charge on any atom is -0.494 e. The zero-order valence-electron chi connectivity index (χ0n) is 8.90. The summed E-state index contributed by atoms with van der Waals surface area (Å²) in [6.07, 6.45) is 0. The van der Waals surface area contributed by atoms with Crippen molar-refractivity contribution in [3.05, 3.63) is 24.3 Å². The highest BCUT2D eigenvalue weighted by atomic mass is 16.5. The molecule has 1 rings (SSSR count). The van der Waals surface area contributed by atoms with Crippen LogP contribution in [0.4, 0.5) is 0 Å². The molecule has 78 valence electrons. The summed E-state index contributed by atoms with van der Waals surface area (Å²) in [6, 6.07) is 6.85. The van der Waals surface area contributed by atoms with Gasteiger partial charge in [0.25, 0.3) is 0 Å². The normalized spacial score (nSPS) is 8.64. The molecule has 0 aromatic heterocycles. The monoisotopic (exact) mass is 196 g/mol. The third-order valence-electron chi connectivity index (χ3n) is 1.50. The van der Waals surface area contributed by atoms with Crippen LogP contribution in [0.3, 0.4) is 0 Å². The minimum absolute atomic E-state index is 0.402. The maximum Gasteiger partial charge on any atom is 0.492 e. The molecule has 1 aromatic carbocycles. The first-order chi connectivity index (χ1) is 6.75. The Kier molecular flexibility index (Phi) is 6.89. The SMILES string of the molecule is CC.CCOc1ccccc1B(O)O. The van der Waals surface area contributed by atoms with Crippen molar-refractivity contribution in [3.8, 4) is 5.75 Å². The quantitative estimate of drug-likeness (QED) is 0.702. The summed E-state index contributed by atoms with van der Waals surface area (Å²) in [5.41, 5.74) is 0.402. The molecule has 0 aliphatic rings. The standard InChI is InChI=1S/C8H11BO3.C2H6/c1-2-12-8-6-4-3-5-7(8)9(10)11;1-2/h3-6,10-11H,2H2,1H3;1-2H3. The van der Waals surface area contributed by atoms with Crippen molar-refractivity contribution < 1.29 is 14.8 Å². The number of ether oxygens (including phenoxy) is 1. The van der Waals surface area contributed by atoms with Gasteiger partial charge in [0.2, 0.25) is 0 Å². The van der Waals surface area contributed by atoms with Crippen LogP contribution >= 0.6 is 0 Å². The van der Waals surface area contributed by atoms with Crippen LogP contribution in [-0.4, -0.2) is 23.8 Å². The molecule has 0 spiro atoms. The van der Waals surface area contributed by atoms with Gasteiger partial charge >= 0.3 is 7.12 Å². The Morgan fingerprint density at radius 1 is 1.21 bits per heavy atom. The van der Waals surface area contributed by atoms with Crippen LogP contribution in [0, 0.1) is 0 Å². The predicted molar refractivity (Wildman–Crippen MR) is 58.8 cm³/mol. The third-order valence-corrected chi connectivity index (χ3v) is 1.50. The summed E-state index contributed by atoms with van der Waals surface area (Å²) in [4.78, 5) is 0. The first-order valence-corrected chi connectivity index (χ1v) is 4.83. The Labute approximate surface area is 85.5 Å². The average molecular weight is 196 g/mol. The fraction of sp³-hybridized carbons (Fsp3) is 0.400. The Morgan fingerprint density at radius 3 is 2.29 bits per heavy atom. The first-order valence-electron chi connectivity index (χ1n) is 4.83. The highest BCUT2D eigenvalue weighted by molar-refractivity contribution is 6.59. The fourth-order valence-corrected chi connectivity index (χ4v) is 0.981. The van der Waals surface area contributed by atoms with Crippen molar-refractivity contribution in [3.63, 3.8) is 0 Å². The van der Waals surface area contributed by atoms with Crippen LogP contribution < -0.4 is 10.2 Å². The molecule has 0 fully saturated rings. The lowest BCUT2D eigenvalue weighted by Crippen LogP contribution is -2.31. The van der Waals surface area contributed by atoms with E-state index in [0.29, 0.717) is 17.8 Å². The average Bonchev–Trinajstić information content (AvgIpc) is 2.22. The fourth-order valence-electron chi connectivity index (χ4n) is 0.981. The van der Waals surface area contributed by atoms with Gasteiger partial charge < -0.3 is 14.8 Å². The molecule has 1 aromatic rings. The van der Waals surface area contributed by atoms with Crippen molar-refractivity contribution in [2.45, 2.75) is 20.8 Å². The van der Waals surface area contributed by atoms with Crippen LogP contribution in [0.15, 0.2) is 24.3 Å². The summed E-state index contributed by atoms with van der Waals surface area (Å²) < 4.78 is 5.18. The third kappa shape index (κ3) is 3.81. The van der Waals surface area contributed by atoms with Gasteiger partial charge in [-0.3, -0.25) is 0 Å². The van der Waals surface area contributed by atoms with Crippen LogP contribution in [0.1, 0.15) is 20.8 Å². The van der Waals surface area contributed by atoms with E-state index >= 15 is 0 Å². The van der Waals surface area contributed by atoms with Gasteiger partial charge in [-0.1, -0.05) is 32.0 Å². The first kappa shape index (κ1) is 13.0. The number of benzene rings is 1. The number of hydrogen-bond acceptors (Lipinski definition) is 3. The zero-order valence-corrected chi connectivity index (χ0v) is 8.90. The molecule has 14 heavy (non-hydrogen) atoms. The number of para-hydroxylation sites is 1. The highest BCUT2D eigenvalue weighted by Gasteiger charge is 2.15. The summed E-state index contributed by atoms with van der Waals surface area (Å²) in [5.74, 6) is 0.523. The lowest BCUT2D eigenvalue weighted by atomic mass is 9.80. The molecule has 0 heterocycles. The van der Waals surface area contributed by atoms with Crippen molar-refractivity contribution >= 4 is 12.6 Å². The Bertz CT molecular complexity index is 251. The second kappa shape index (κ2) is 7.41. The highest BCUT2D eigenvalue weighted by Crippen LogP contribution is 2.06. The van der Waals surface area contributed by atoms with E-state index in [9.17, 15) is 0 Å². The number of rotatable bonds is 3. The predicted octanol–water partition coefficient (Wildman–Crippen LogP) is 0.791. The zero-order chi connectivity index (χ0) is 11.0. The molecule has 3 nitrogen and oxygen atoms in total. The van der Waals surface area contributed by atoms with Gasteiger partial charge in [0, 0.05) is 5.46 Å². The van der Waals surface area contributed by atoms with Crippen molar-refractivity contribution in [1.29, 1.82) is 0 Å². The molecule has 0 unspecified atom stereocenters. The van der Waals surface area contributed by atoms with Gasteiger partial charge in [-0.15, -0.1) is 0 Å². The van der Waals surface area contributed by atoms with E-state index in [1.807, 2.05) is 20.8 Å². The van der Waals surface area contributed by atoms with Crippen LogP contribution in [0.25, 0.3) is 0 Å². The molecular weight excluding hydrogens is 179 g/mol. The Balaban J connectivity index is 0.000000791. The summed E-state index contributed by atoms with van der Waals surface area (Å²) in [6.45, 7) is 6.37. The summed E-state index contributed by atoms with van der Waals surface area (Å²) >= 11 is 0. The Hall–Kier alpha value is -0.995. The van der Waals surface area contributed by atoms with Gasteiger partial charge in [0.15, 0.2) is 0 Å². The summed E-state index contributed by atoms with van der Waals surface area (Å²) in [7, 11) is -1.47. The van der Waals surface area contributed by atoms with E-state index in [1.54, 1.807) is 24.3 Å². The van der Waals surface area contributed by atoms with Gasteiger partial charge in [-0.25, -0.2) is 0 Å². The molecule has 4 heteroatoms. The topological polar surface area (TPSA) is 49.7 Å². The van der Waals surface area contributed by atoms with E-state index < -0.39 is 7.12 Å². The maximum absolute atomic E-state index is 8.91. The second-order valence-electron chi connectivity index (χ2n) is 2.34. The molecular formula is C10H17BO3. The maximum atomic E-state index is 8.91. The molecule has 0 amide bonds. The van der Waals surface area contributed by atoms with Crippen LogP contribution in [0.5, 0.6) is 5.75 Å². The second-order valence-corrected chi connectivity index (χ2v) is 2.34. The molecule has 0 saturated carbocycles. The van der Waals surface area contributed by atoms with Crippen molar-refractivity contribution in [2.75, 3.05) is 6.61 Å². The van der Waals surface area contributed by atoms with Crippen molar-refractivity contribution in [2.24, 2.45) is 0 Å².